The molecule has 0 aliphatic heterocycles. The van der Waals surface area contributed by atoms with Gasteiger partial charge in [0, 0.05) is 12.1 Å². The topological polar surface area (TPSA) is 54.7 Å². The van der Waals surface area contributed by atoms with Crippen LogP contribution in [-0.2, 0) is 6.54 Å². The second-order valence-electron chi connectivity index (χ2n) is 5.81. The van der Waals surface area contributed by atoms with E-state index in [0.29, 0.717) is 6.54 Å². The molecule has 0 radical (unpaired) electrons. The van der Waals surface area contributed by atoms with E-state index in [2.05, 4.69) is 34.2 Å². The molecule has 1 aliphatic rings. The van der Waals surface area contributed by atoms with Crippen molar-refractivity contribution in [1.82, 2.24) is 9.97 Å². The van der Waals surface area contributed by atoms with Gasteiger partial charge in [-0.25, -0.2) is 4.98 Å². The summed E-state index contributed by atoms with van der Waals surface area (Å²) in [6.07, 6.45) is 6.84. The number of nitrogens with one attached hydrogen (secondary N) is 1. The summed E-state index contributed by atoms with van der Waals surface area (Å²) in [5.74, 6) is 1.68. The minimum Gasteiger partial charge on any atom is -0.345 e. The van der Waals surface area contributed by atoms with Crippen LogP contribution in [-0.4, -0.2) is 9.97 Å². The number of rotatable bonds is 3. The van der Waals surface area contributed by atoms with Gasteiger partial charge in [0.1, 0.15) is 5.82 Å². The fourth-order valence-electron chi connectivity index (χ4n) is 3.28. The van der Waals surface area contributed by atoms with E-state index in [1.807, 2.05) is 6.92 Å². The Morgan fingerprint density at radius 3 is 2.50 bits per heavy atom. The highest BCUT2D eigenvalue weighted by atomic mass is 14.9. The van der Waals surface area contributed by atoms with Crippen LogP contribution in [0.5, 0.6) is 0 Å². The van der Waals surface area contributed by atoms with Crippen molar-refractivity contribution in [3.63, 3.8) is 0 Å². The molecule has 1 fully saturated rings. The lowest BCUT2D eigenvalue weighted by atomic mass is 9.84. The highest BCUT2D eigenvalue weighted by Crippen LogP contribution is 2.33. The molecule has 0 unspecified atom stereocenters. The average molecular weight is 269 g/mol. The number of aromatic amines is 1. The molecule has 0 atom stereocenters. The first kappa shape index (κ1) is 13.4. The Hall–Kier alpha value is -1.61. The van der Waals surface area contributed by atoms with Crippen molar-refractivity contribution in [2.75, 3.05) is 0 Å². The summed E-state index contributed by atoms with van der Waals surface area (Å²) in [6, 6.07) is 8.93. The van der Waals surface area contributed by atoms with Crippen LogP contribution in [0.1, 0.15) is 55.1 Å². The molecule has 0 saturated heterocycles. The second-order valence-corrected chi connectivity index (χ2v) is 5.81. The van der Waals surface area contributed by atoms with Gasteiger partial charge < -0.3 is 10.7 Å². The highest BCUT2D eigenvalue weighted by Gasteiger charge is 2.16. The monoisotopic (exact) mass is 269 g/mol. The van der Waals surface area contributed by atoms with Crippen LogP contribution in [0, 0.1) is 6.92 Å². The van der Waals surface area contributed by atoms with Crippen LogP contribution in [0.2, 0.25) is 0 Å². The molecule has 3 rings (SSSR count). The summed E-state index contributed by atoms with van der Waals surface area (Å²) < 4.78 is 0. The number of nitrogens with two attached hydrogens (primary N) is 1. The average Bonchev–Trinajstić information content (AvgIpc) is 2.89. The quantitative estimate of drug-likeness (QED) is 0.888. The zero-order chi connectivity index (χ0) is 13.9. The van der Waals surface area contributed by atoms with E-state index in [-0.39, 0.29) is 0 Å². The summed E-state index contributed by atoms with van der Waals surface area (Å²) >= 11 is 0. The Morgan fingerprint density at radius 1 is 1.15 bits per heavy atom. The van der Waals surface area contributed by atoms with Crippen LogP contribution >= 0.6 is 0 Å². The van der Waals surface area contributed by atoms with Crippen LogP contribution < -0.4 is 5.73 Å². The van der Waals surface area contributed by atoms with Gasteiger partial charge in [-0.05, 0) is 31.2 Å². The predicted molar refractivity (Wildman–Crippen MR) is 82.5 cm³/mol. The van der Waals surface area contributed by atoms with Crippen LogP contribution in [0.25, 0.3) is 11.3 Å². The van der Waals surface area contributed by atoms with Crippen LogP contribution in [0.3, 0.4) is 0 Å². The van der Waals surface area contributed by atoms with Crippen molar-refractivity contribution in [3.05, 3.63) is 41.3 Å². The van der Waals surface area contributed by atoms with Gasteiger partial charge >= 0.3 is 0 Å². The number of nitrogens with zero attached hydrogens (tertiary/aromatic N) is 1. The smallest absolute Gasteiger partial charge is 0.103 e. The van der Waals surface area contributed by atoms with Crippen LogP contribution in [0.15, 0.2) is 24.3 Å². The maximum absolute atomic E-state index is 5.78. The largest absolute Gasteiger partial charge is 0.345 e. The van der Waals surface area contributed by atoms with Crippen molar-refractivity contribution in [2.45, 2.75) is 51.5 Å². The number of hydrogen-bond acceptors (Lipinski definition) is 2. The molecule has 1 aromatic carbocycles. The van der Waals surface area contributed by atoms with E-state index in [9.17, 15) is 0 Å². The Kier molecular flexibility index (Phi) is 3.88. The molecule has 2 aromatic rings. The molecule has 3 nitrogen and oxygen atoms in total. The van der Waals surface area contributed by atoms with Gasteiger partial charge in [0.05, 0.1) is 11.4 Å². The summed E-state index contributed by atoms with van der Waals surface area (Å²) in [6.45, 7) is 2.47. The first-order valence-corrected chi connectivity index (χ1v) is 7.64. The van der Waals surface area contributed by atoms with Gasteiger partial charge in [0.2, 0.25) is 0 Å². The van der Waals surface area contributed by atoms with Crippen molar-refractivity contribution in [1.29, 1.82) is 0 Å². The zero-order valence-electron chi connectivity index (χ0n) is 12.2. The molecule has 1 aliphatic carbocycles. The zero-order valence-corrected chi connectivity index (χ0v) is 12.2. The van der Waals surface area contributed by atoms with E-state index in [4.69, 9.17) is 5.73 Å². The first-order chi connectivity index (χ1) is 9.78. The molecule has 3 heteroatoms. The number of H-pyrrole nitrogens is 1. The summed E-state index contributed by atoms with van der Waals surface area (Å²) in [4.78, 5) is 7.79. The number of aromatic nitrogens is 2. The van der Waals surface area contributed by atoms with E-state index >= 15 is 0 Å². The lowest BCUT2D eigenvalue weighted by molar-refractivity contribution is 0.443. The summed E-state index contributed by atoms with van der Waals surface area (Å²) in [7, 11) is 0. The van der Waals surface area contributed by atoms with Gasteiger partial charge in [-0.2, -0.15) is 0 Å². The summed E-state index contributed by atoms with van der Waals surface area (Å²) in [5, 5.41) is 0. The molecule has 0 amide bonds. The third-order valence-corrected chi connectivity index (χ3v) is 4.36. The molecule has 1 aromatic heterocycles. The maximum Gasteiger partial charge on any atom is 0.103 e. The van der Waals surface area contributed by atoms with Crippen LogP contribution in [0.4, 0.5) is 0 Å². The SMILES string of the molecule is Cc1nc(-c2ccc(C3CCCCC3)cc2)c(CN)[nH]1. The predicted octanol–water partition coefficient (Wildman–Crippen LogP) is 3.89. The van der Waals surface area contributed by atoms with E-state index in [1.54, 1.807) is 0 Å². The molecule has 3 N–H and O–H groups in total. The van der Waals surface area contributed by atoms with Gasteiger partial charge in [-0.1, -0.05) is 43.5 Å². The molecule has 1 saturated carbocycles. The molecule has 0 spiro atoms. The van der Waals surface area contributed by atoms with Gasteiger partial charge in [-0.3, -0.25) is 0 Å². The molecule has 106 valence electrons. The van der Waals surface area contributed by atoms with E-state index < -0.39 is 0 Å². The molecule has 1 heterocycles. The second kappa shape index (κ2) is 5.80. The van der Waals surface area contributed by atoms with Gasteiger partial charge in [0.25, 0.3) is 0 Å². The maximum atomic E-state index is 5.78. The normalized spacial score (nSPS) is 16.5. The third kappa shape index (κ3) is 2.63. The lowest BCUT2D eigenvalue weighted by Gasteiger charge is -2.22. The van der Waals surface area contributed by atoms with E-state index in [0.717, 1.165) is 28.7 Å². The minimum atomic E-state index is 0.501. The third-order valence-electron chi connectivity index (χ3n) is 4.36. The highest BCUT2D eigenvalue weighted by molar-refractivity contribution is 5.62. The lowest BCUT2D eigenvalue weighted by Crippen LogP contribution is -2.04. The molecular formula is C17H23N3. The molecular weight excluding hydrogens is 246 g/mol. The Balaban J connectivity index is 1.85. The van der Waals surface area contributed by atoms with Gasteiger partial charge in [-0.15, -0.1) is 0 Å². The van der Waals surface area contributed by atoms with Crippen molar-refractivity contribution >= 4 is 0 Å². The Labute approximate surface area is 120 Å². The number of imidazole rings is 1. The Bertz CT molecular complexity index is 562. The minimum absolute atomic E-state index is 0.501. The van der Waals surface area contributed by atoms with Crippen molar-refractivity contribution in [2.24, 2.45) is 5.73 Å². The standard InChI is InChI=1S/C17H23N3/c1-12-19-16(11-18)17(20-12)15-9-7-14(8-10-15)13-5-3-2-4-6-13/h7-10,13H,2-6,11,18H2,1H3,(H,19,20). The first-order valence-electron chi connectivity index (χ1n) is 7.64. The molecule has 0 bridgehead atoms. The summed E-state index contributed by atoms with van der Waals surface area (Å²) in [5.41, 5.74) is 10.4. The fraction of sp³-hybridized carbons (Fsp3) is 0.471. The Morgan fingerprint density at radius 2 is 1.85 bits per heavy atom. The van der Waals surface area contributed by atoms with Crippen molar-refractivity contribution in [3.8, 4) is 11.3 Å². The van der Waals surface area contributed by atoms with Gasteiger partial charge in [0.15, 0.2) is 0 Å². The number of hydrogen-bond donors (Lipinski definition) is 2. The number of benzene rings is 1. The molecule has 20 heavy (non-hydrogen) atoms. The van der Waals surface area contributed by atoms with E-state index in [1.165, 1.54) is 37.7 Å². The van der Waals surface area contributed by atoms with Crippen molar-refractivity contribution < 1.29 is 0 Å². The number of aryl methyl sites for hydroxylation is 1. The fourth-order valence-corrected chi connectivity index (χ4v) is 3.28.